The van der Waals surface area contributed by atoms with Crippen molar-refractivity contribution in [3.8, 4) is 0 Å². The second-order valence-electron chi connectivity index (χ2n) is 6.24. The number of nitrogens with one attached hydrogen (secondary N) is 1. The molecule has 2 amide bonds. The van der Waals surface area contributed by atoms with E-state index < -0.39 is 5.92 Å². The van der Waals surface area contributed by atoms with Crippen LogP contribution in [0.5, 0.6) is 0 Å². The number of hydrogen-bond donors (Lipinski definition) is 1. The van der Waals surface area contributed by atoms with Gasteiger partial charge in [-0.15, -0.1) is 0 Å². The third-order valence-electron chi connectivity index (χ3n) is 4.54. The van der Waals surface area contributed by atoms with Gasteiger partial charge in [-0.05, 0) is 18.4 Å². The van der Waals surface area contributed by atoms with Crippen LogP contribution in [0.3, 0.4) is 0 Å². The van der Waals surface area contributed by atoms with Crippen molar-refractivity contribution >= 4 is 34.1 Å². The molecule has 1 aliphatic rings. The van der Waals surface area contributed by atoms with Crippen LogP contribution >= 0.6 is 0 Å². The van der Waals surface area contributed by atoms with Crippen LogP contribution in [0, 0.1) is 12.8 Å². The van der Waals surface area contributed by atoms with E-state index in [1.807, 2.05) is 42.5 Å². The number of aryl methyl sites for hydroxylation is 1. The summed E-state index contributed by atoms with van der Waals surface area (Å²) in [5.74, 6) is -0.273. The highest BCUT2D eigenvalue weighted by Gasteiger charge is 2.36. The molecule has 4 rings (SSSR count). The molecule has 6 nitrogen and oxygen atoms in total. The standard InChI is InChI=1S/C19H17N3O3/c1-12-11-25-21-18(12)20-19(24)14-9-17(23)22(10-14)16-8-4-6-13-5-2-3-7-15(13)16/h2-8,11,14H,9-10H2,1H3,(H,20,21,24)/t14-/m1/s1. The van der Waals surface area contributed by atoms with E-state index in [4.69, 9.17) is 4.52 Å². The smallest absolute Gasteiger partial charge is 0.231 e. The number of amides is 2. The van der Waals surface area contributed by atoms with E-state index in [9.17, 15) is 9.59 Å². The minimum atomic E-state index is -0.414. The van der Waals surface area contributed by atoms with Crippen LogP contribution in [0.2, 0.25) is 0 Å². The van der Waals surface area contributed by atoms with E-state index in [0.29, 0.717) is 12.4 Å². The van der Waals surface area contributed by atoms with Gasteiger partial charge in [-0.2, -0.15) is 0 Å². The fourth-order valence-corrected chi connectivity index (χ4v) is 3.19. The molecule has 0 bridgehead atoms. The lowest BCUT2D eigenvalue weighted by Crippen LogP contribution is -2.28. The highest BCUT2D eigenvalue weighted by atomic mass is 16.5. The van der Waals surface area contributed by atoms with Crippen LogP contribution in [0.25, 0.3) is 10.8 Å². The molecule has 1 saturated heterocycles. The molecule has 0 aliphatic carbocycles. The van der Waals surface area contributed by atoms with Gasteiger partial charge in [0, 0.05) is 23.9 Å². The second kappa shape index (κ2) is 6.05. The number of anilines is 2. The Kier molecular flexibility index (Phi) is 3.72. The maximum absolute atomic E-state index is 12.5. The van der Waals surface area contributed by atoms with Gasteiger partial charge in [-0.25, -0.2) is 0 Å². The van der Waals surface area contributed by atoms with Crippen LogP contribution in [0.1, 0.15) is 12.0 Å². The predicted octanol–water partition coefficient (Wildman–Crippen LogP) is 3.13. The summed E-state index contributed by atoms with van der Waals surface area (Å²) in [4.78, 5) is 26.7. The largest absolute Gasteiger partial charge is 0.362 e. The van der Waals surface area contributed by atoms with Gasteiger partial charge in [-0.1, -0.05) is 41.6 Å². The molecule has 6 heteroatoms. The van der Waals surface area contributed by atoms with Crippen LogP contribution < -0.4 is 10.2 Å². The number of carbonyl (C=O) groups excluding carboxylic acids is 2. The van der Waals surface area contributed by atoms with Gasteiger partial charge in [0.2, 0.25) is 11.8 Å². The van der Waals surface area contributed by atoms with E-state index in [0.717, 1.165) is 22.0 Å². The van der Waals surface area contributed by atoms with Gasteiger partial charge in [0.1, 0.15) is 6.26 Å². The zero-order valence-electron chi connectivity index (χ0n) is 13.7. The highest BCUT2D eigenvalue weighted by Crippen LogP contribution is 2.32. The summed E-state index contributed by atoms with van der Waals surface area (Å²) >= 11 is 0. The number of nitrogens with zero attached hydrogens (tertiary/aromatic N) is 2. The Hall–Kier alpha value is -3.15. The normalized spacial score (nSPS) is 17.2. The monoisotopic (exact) mass is 335 g/mol. The first kappa shape index (κ1) is 15.4. The van der Waals surface area contributed by atoms with Gasteiger partial charge in [-0.3, -0.25) is 9.59 Å². The number of rotatable bonds is 3. The molecule has 126 valence electrons. The fraction of sp³-hybridized carbons (Fsp3) is 0.211. The molecule has 0 radical (unpaired) electrons. The molecular formula is C19H17N3O3. The number of fused-ring (bicyclic) bond motifs is 1. The van der Waals surface area contributed by atoms with E-state index >= 15 is 0 Å². The average molecular weight is 335 g/mol. The van der Waals surface area contributed by atoms with Gasteiger partial charge < -0.3 is 14.7 Å². The first-order valence-corrected chi connectivity index (χ1v) is 8.13. The van der Waals surface area contributed by atoms with Crippen LogP contribution in [-0.2, 0) is 9.59 Å². The summed E-state index contributed by atoms with van der Waals surface area (Å²) < 4.78 is 4.83. The quantitative estimate of drug-likeness (QED) is 0.798. The van der Waals surface area contributed by atoms with Crippen LogP contribution in [0.15, 0.2) is 53.3 Å². The maximum atomic E-state index is 12.5. The predicted molar refractivity (Wildman–Crippen MR) is 94.3 cm³/mol. The van der Waals surface area contributed by atoms with Crippen LogP contribution in [0.4, 0.5) is 11.5 Å². The lowest BCUT2D eigenvalue weighted by atomic mass is 10.1. The Morgan fingerprint density at radius 1 is 1.24 bits per heavy atom. The van der Waals surface area contributed by atoms with Crippen molar-refractivity contribution in [3.05, 3.63) is 54.3 Å². The molecule has 25 heavy (non-hydrogen) atoms. The molecule has 2 heterocycles. The van der Waals surface area contributed by atoms with Crippen molar-refractivity contribution in [2.45, 2.75) is 13.3 Å². The van der Waals surface area contributed by atoms with Gasteiger partial charge in [0.05, 0.1) is 11.6 Å². The molecule has 0 unspecified atom stereocenters. The first-order valence-electron chi connectivity index (χ1n) is 8.13. The van der Waals surface area contributed by atoms with Gasteiger partial charge in [0.15, 0.2) is 5.82 Å². The van der Waals surface area contributed by atoms with Crippen molar-refractivity contribution in [1.29, 1.82) is 0 Å². The minimum absolute atomic E-state index is 0.0478. The van der Waals surface area contributed by atoms with E-state index in [1.165, 1.54) is 6.26 Å². The molecule has 2 aromatic carbocycles. The van der Waals surface area contributed by atoms with Gasteiger partial charge in [0.25, 0.3) is 0 Å². The Morgan fingerprint density at radius 3 is 2.84 bits per heavy atom. The molecule has 3 aromatic rings. The summed E-state index contributed by atoms with van der Waals surface area (Å²) in [5, 5.41) is 8.57. The zero-order valence-corrected chi connectivity index (χ0v) is 13.7. The Balaban J connectivity index is 1.58. The number of aromatic nitrogens is 1. The fourth-order valence-electron chi connectivity index (χ4n) is 3.19. The second-order valence-corrected chi connectivity index (χ2v) is 6.24. The molecule has 0 saturated carbocycles. The lowest BCUT2D eigenvalue weighted by Gasteiger charge is -2.19. The van der Waals surface area contributed by atoms with Gasteiger partial charge >= 0.3 is 0 Å². The summed E-state index contributed by atoms with van der Waals surface area (Å²) in [6, 6.07) is 13.8. The Labute approximate surface area is 144 Å². The molecule has 1 aromatic heterocycles. The molecule has 0 spiro atoms. The van der Waals surface area contributed by atoms with E-state index in [-0.39, 0.29) is 18.2 Å². The van der Waals surface area contributed by atoms with Crippen molar-refractivity contribution in [2.75, 3.05) is 16.8 Å². The summed E-state index contributed by atoms with van der Waals surface area (Å²) in [6.45, 7) is 2.16. The van der Waals surface area contributed by atoms with Crippen molar-refractivity contribution in [2.24, 2.45) is 5.92 Å². The third kappa shape index (κ3) is 2.76. The number of hydrogen-bond acceptors (Lipinski definition) is 4. The molecule has 1 aliphatic heterocycles. The van der Waals surface area contributed by atoms with Crippen molar-refractivity contribution < 1.29 is 14.1 Å². The number of benzene rings is 2. The topological polar surface area (TPSA) is 75.4 Å². The molecule has 1 fully saturated rings. The first-order chi connectivity index (χ1) is 12.1. The van der Waals surface area contributed by atoms with Crippen LogP contribution in [-0.4, -0.2) is 23.5 Å². The zero-order chi connectivity index (χ0) is 17.4. The molecular weight excluding hydrogens is 318 g/mol. The third-order valence-corrected chi connectivity index (χ3v) is 4.54. The Bertz CT molecular complexity index is 958. The van der Waals surface area contributed by atoms with Crippen molar-refractivity contribution in [1.82, 2.24) is 5.16 Å². The average Bonchev–Trinajstić information content (AvgIpc) is 3.20. The maximum Gasteiger partial charge on any atom is 0.231 e. The van der Waals surface area contributed by atoms with E-state index in [1.54, 1.807) is 11.8 Å². The summed E-state index contributed by atoms with van der Waals surface area (Å²) in [6.07, 6.45) is 1.66. The summed E-state index contributed by atoms with van der Waals surface area (Å²) in [7, 11) is 0. The van der Waals surface area contributed by atoms with Crippen molar-refractivity contribution in [3.63, 3.8) is 0 Å². The minimum Gasteiger partial charge on any atom is -0.362 e. The lowest BCUT2D eigenvalue weighted by molar-refractivity contribution is -0.122. The summed E-state index contributed by atoms with van der Waals surface area (Å²) in [5.41, 5.74) is 1.60. The van der Waals surface area contributed by atoms with E-state index in [2.05, 4.69) is 10.5 Å². The Morgan fingerprint density at radius 2 is 2.04 bits per heavy atom. The SMILES string of the molecule is Cc1conc1NC(=O)[C@@H]1CC(=O)N(c2cccc3ccccc23)C1. The molecule has 1 atom stereocenters. The number of carbonyl (C=O) groups is 2. The highest BCUT2D eigenvalue weighted by molar-refractivity contribution is 6.08. The molecule has 1 N–H and O–H groups in total.